The van der Waals surface area contributed by atoms with Crippen molar-refractivity contribution in [2.45, 2.75) is 32.2 Å². The fraction of sp³-hybridized carbons (Fsp3) is 0.500. The Morgan fingerprint density at radius 1 is 1.39 bits per heavy atom. The highest BCUT2D eigenvalue weighted by Crippen LogP contribution is 2.25. The second-order valence-electron chi connectivity index (χ2n) is 5.57. The molecule has 1 aliphatic rings. The number of aliphatic carboxylic acids is 1. The van der Waals surface area contributed by atoms with Gasteiger partial charge < -0.3 is 14.7 Å². The van der Waals surface area contributed by atoms with E-state index in [1.807, 2.05) is 0 Å². The summed E-state index contributed by atoms with van der Waals surface area (Å²) in [6.07, 6.45) is 1.13. The van der Waals surface area contributed by atoms with Gasteiger partial charge in [-0.05, 0) is 37.5 Å². The summed E-state index contributed by atoms with van der Waals surface area (Å²) in [7, 11) is 0. The van der Waals surface area contributed by atoms with Gasteiger partial charge in [0.25, 0.3) is 5.91 Å². The third-order valence-electron chi connectivity index (χ3n) is 3.94. The third kappa shape index (κ3) is 4.42. The van der Waals surface area contributed by atoms with E-state index in [4.69, 9.17) is 21.4 Å². The summed E-state index contributed by atoms with van der Waals surface area (Å²) in [6, 6.07) is 2.42. The van der Waals surface area contributed by atoms with Crippen LogP contribution in [0.25, 0.3) is 0 Å². The van der Waals surface area contributed by atoms with Crippen molar-refractivity contribution in [2.24, 2.45) is 0 Å². The fourth-order valence-corrected chi connectivity index (χ4v) is 2.87. The molecule has 0 spiro atoms. The van der Waals surface area contributed by atoms with E-state index in [0.717, 1.165) is 6.07 Å². The predicted molar refractivity (Wildman–Crippen MR) is 83.3 cm³/mol. The third-order valence-corrected chi connectivity index (χ3v) is 4.25. The Hall–Kier alpha value is -1.66. The number of carboxylic acids is 1. The number of carbonyl (C=O) groups excluding carboxylic acids is 1. The molecule has 1 fully saturated rings. The van der Waals surface area contributed by atoms with E-state index in [1.165, 1.54) is 11.0 Å². The van der Waals surface area contributed by atoms with Gasteiger partial charge in [-0.15, -0.1) is 0 Å². The van der Waals surface area contributed by atoms with Crippen molar-refractivity contribution in [3.63, 3.8) is 0 Å². The first-order valence-electron chi connectivity index (χ1n) is 7.46. The van der Waals surface area contributed by atoms with E-state index < -0.39 is 11.8 Å². The number of carboxylic acid groups (broad SMARTS) is 1. The molecule has 1 heterocycles. The van der Waals surface area contributed by atoms with Gasteiger partial charge in [0.1, 0.15) is 5.82 Å². The number of nitrogens with zero attached hydrogens (tertiary/aromatic N) is 1. The number of hydrogen-bond donors (Lipinski definition) is 1. The van der Waals surface area contributed by atoms with Crippen LogP contribution in [0.2, 0.25) is 5.02 Å². The zero-order valence-electron chi connectivity index (χ0n) is 12.8. The zero-order chi connectivity index (χ0) is 17.0. The number of halogens is 2. The maximum absolute atomic E-state index is 13.5. The average Bonchev–Trinajstić information content (AvgIpc) is 2.51. The lowest BCUT2D eigenvalue weighted by molar-refractivity contribution is -0.137. The van der Waals surface area contributed by atoms with E-state index in [0.29, 0.717) is 31.6 Å². The molecule has 2 rings (SSSR count). The highest BCUT2D eigenvalue weighted by atomic mass is 35.5. The van der Waals surface area contributed by atoms with Gasteiger partial charge in [0.05, 0.1) is 17.0 Å². The maximum atomic E-state index is 13.5. The minimum atomic E-state index is -0.976. The van der Waals surface area contributed by atoms with Crippen LogP contribution in [0.1, 0.15) is 35.2 Å². The molecule has 23 heavy (non-hydrogen) atoms. The van der Waals surface area contributed by atoms with Crippen LogP contribution in [-0.2, 0) is 9.53 Å². The van der Waals surface area contributed by atoms with Gasteiger partial charge in [-0.25, -0.2) is 4.39 Å². The van der Waals surface area contributed by atoms with Crippen molar-refractivity contribution in [3.05, 3.63) is 34.1 Å². The summed E-state index contributed by atoms with van der Waals surface area (Å²) < 4.78 is 18.8. The van der Waals surface area contributed by atoms with Crippen LogP contribution >= 0.6 is 11.6 Å². The molecular weight excluding hydrogens is 325 g/mol. The summed E-state index contributed by atoms with van der Waals surface area (Å²) >= 11 is 6.01. The van der Waals surface area contributed by atoms with Crippen LogP contribution in [0.3, 0.4) is 0 Å². The lowest BCUT2D eigenvalue weighted by Gasteiger charge is -2.34. The summed E-state index contributed by atoms with van der Waals surface area (Å²) in [5, 5.41) is 8.94. The van der Waals surface area contributed by atoms with Crippen LogP contribution in [-0.4, -0.2) is 47.7 Å². The Morgan fingerprint density at radius 3 is 2.65 bits per heavy atom. The quantitative estimate of drug-likeness (QED) is 0.892. The summed E-state index contributed by atoms with van der Waals surface area (Å²) in [5.41, 5.74) is 0.519. The summed E-state index contributed by atoms with van der Waals surface area (Å²) in [4.78, 5) is 25.2. The van der Waals surface area contributed by atoms with Crippen molar-refractivity contribution >= 4 is 23.5 Å². The minimum Gasteiger partial charge on any atom is -0.481 e. The Bertz CT molecular complexity index is 602. The number of amides is 1. The smallest absolute Gasteiger partial charge is 0.305 e. The SMILES string of the molecule is Cc1cc(C(=O)N(CCC(=O)O)C2CCOCC2)c(Cl)cc1F. The highest BCUT2D eigenvalue weighted by Gasteiger charge is 2.28. The molecule has 0 bridgehead atoms. The monoisotopic (exact) mass is 343 g/mol. The molecule has 1 saturated heterocycles. The number of hydrogen-bond acceptors (Lipinski definition) is 3. The van der Waals surface area contributed by atoms with E-state index in [9.17, 15) is 14.0 Å². The van der Waals surface area contributed by atoms with Crippen LogP contribution in [0.4, 0.5) is 4.39 Å². The van der Waals surface area contributed by atoms with Gasteiger partial charge in [0.2, 0.25) is 0 Å². The molecule has 1 aromatic rings. The highest BCUT2D eigenvalue weighted by molar-refractivity contribution is 6.33. The first-order chi connectivity index (χ1) is 10.9. The average molecular weight is 344 g/mol. The molecule has 126 valence electrons. The molecule has 1 N–H and O–H groups in total. The predicted octanol–water partition coefficient (Wildman–Crippen LogP) is 2.88. The van der Waals surface area contributed by atoms with E-state index in [-0.39, 0.29) is 35.5 Å². The van der Waals surface area contributed by atoms with Crippen molar-refractivity contribution in [1.29, 1.82) is 0 Å². The van der Waals surface area contributed by atoms with E-state index >= 15 is 0 Å². The van der Waals surface area contributed by atoms with Crippen LogP contribution in [0.5, 0.6) is 0 Å². The number of aryl methyl sites for hydroxylation is 1. The lowest BCUT2D eigenvalue weighted by Crippen LogP contribution is -2.44. The molecular formula is C16H19ClFNO4. The standard InChI is InChI=1S/C16H19ClFNO4/c1-10-8-12(13(17)9-14(10)18)16(22)19(5-2-15(20)21)11-3-6-23-7-4-11/h8-9,11H,2-7H2,1H3,(H,20,21). The number of rotatable bonds is 5. The molecule has 0 unspecified atom stereocenters. The Kier molecular flexibility index (Phi) is 5.96. The Labute approximate surface area is 139 Å². The van der Waals surface area contributed by atoms with Gasteiger partial charge >= 0.3 is 5.97 Å². The summed E-state index contributed by atoms with van der Waals surface area (Å²) in [6.45, 7) is 2.69. The Balaban J connectivity index is 2.27. The number of benzene rings is 1. The molecule has 0 saturated carbocycles. The molecule has 1 aromatic carbocycles. The van der Waals surface area contributed by atoms with Crippen molar-refractivity contribution < 1.29 is 23.8 Å². The van der Waals surface area contributed by atoms with Crippen molar-refractivity contribution in [1.82, 2.24) is 4.90 Å². The first kappa shape index (κ1) is 17.7. The second-order valence-corrected chi connectivity index (χ2v) is 5.97. The van der Waals surface area contributed by atoms with Gasteiger partial charge in [-0.1, -0.05) is 11.6 Å². The minimum absolute atomic E-state index is 0.0329. The molecule has 1 aliphatic heterocycles. The topological polar surface area (TPSA) is 66.8 Å². The maximum Gasteiger partial charge on any atom is 0.305 e. The van der Waals surface area contributed by atoms with Crippen LogP contribution in [0, 0.1) is 12.7 Å². The fourth-order valence-electron chi connectivity index (χ4n) is 2.64. The van der Waals surface area contributed by atoms with Gasteiger partial charge in [0.15, 0.2) is 0 Å². The van der Waals surface area contributed by atoms with Crippen molar-refractivity contribution in [3.8, 4) is 0 Å². The summed E-state index contributed by atoms with van der Waals surface area (Å²) in [5.74, 6) is -1.82. The van der Waals surface area contributed by atoms with Gasteiger partial charge in [-0.3, -0.25) is 9.59 Å². The van der Waals surface area contributed by atoms with E-state index in [2.05, 4.69) is 0 Å². The molecule has 0 radical (unpaired) electrons. The lowest BCUT2D eigenvalue weighted by atomic mass is 10.0. The largest absolute Gasteiger partial charge is 0.481 e. The Morgan fingerprint density at radius 2 is 2.04 bits per heavy atom. The molecule has 7 heteroatoms. The number of carbonyl (C=O) groups is 2. The molecule has 0 aromatic heterocycles. The van der Waals surface area contributed by atoms with Crippen LogP contribution in [0.15, 0.2) is 12.1 Å². The second kappa shape index (κ2) is 7.75. The van der Waals surface area contributed by atoms with Crippen molar-refractivity contribution in [2.75, 3.05) is 19.8 Å². The molecule has 0 atom stereocenters. The molecule has 0 aliphatic carbocycles. The van der Waals surface area contributed by atoms with Gasteiger partial charge in [-0.2, -0.15) is 0 Å². The zero-order valence-corrected chi connectivity index (χ0v) is 13.6. The van der Waals surface area contributed by atoms with Crippen LogP contribution < -0.4 is 0 Å². The normalized spacial score (nSPS) is 15.4. The van der Waals surface area contributed by atoms with Gasteiger partial charge in [0, 0.05) is 25.8 Å². The molecule has 1 amide bonds. The van der Waals surface area contributed by atoms with E-state index in [1.54, 1.807) is 6.92 Å². The first-order valence-corrected chi connectivity index (χ1v) is 7.84. The number of ether oxygens (including phenoxy) is 1. The molecule has 5 nitrogen and oxygen atoms in total.